The van der Waals surface area contributed by atoms with Crippen LogP contribution in [-0.2, 0) is 4.79 Å². The van der Waals surface area contributed by atoms with Gasteiger partial charge in [0.1, 0.15) is 5.75 Å². The first-order valence-corrected chi connectivity index (χ1v) is 6.85. The zero-order chi connectivity index (χ0) is 17.5. The van der Waals surface area contributed by atoms with E-state index in [4.69, 9.17) is 0 Å². The van der Waals surface area contributed by atoms with Crippen molar-refractivity contribution in [2.24, 2.45) is 4.99 Å². The smallest absolute Gasteiger partial charge is 0.344 e. The van der Waals surface area contributed by atoms with Gasteiger partial charge in [0.2, 0.25) is 6.08 Å². The Labute approximate surface area is 136 Å². The Hall–Kier alpha value is -3.11. The van der Waals surface area contributed by atoms with Crippen molar-refractivity contribution in [2.75, 3.05) is 0 Å². The number of carbonyl (C=O) groups excluding carboxylic acids is 1. The fourth-order valence-electron chi connectivity index (χ4n) is 1.96. The van der Waals surface area contributed by atoms with Crippen LogP contribution in [0.25, 0.3) is 11.6 Å². The van der Waals surface area contributed by atoms with Crippen molar-refractivity contribution in [1.29, 1.82) is 0 Å². The van der Waals surface area contributed by atoms with Gasteiger partial charge in [-0.3, -0.25) is 0 Å². The Morgan fingerprint density at radius 1 is 1.04 bits per heavy atom. The molecule has 3 nitrogen and oxygen atoms in total. The van der Waals surface area contributed by atoms with Crippen LogP contribution in [-0.4, -0.2) is 6.08 Å². The lowest BCUT2D eigenvalue weighted by atomic mass is 10.0. The second-order valence-electron chi connectivity index (χ2n) is 4.78. The number of hydrogen-bond acceptors (Lipinski definition) is 3. The number of isocyanates is 1. The number of nitrogens with zero attached hydrogens (tertiary/aromatic N) is 1. The van der Waals surface area contributed by atoms with E-state index in [-0.39, 0.29) is 5.75 Å². The number of hydrogen-bond donors (Lipinski definition) is 0. The Kier molecular flexibility index (Phi) is 5.71. The van der Waals surface area contributed by atoms with Gasteiger partial charge in [-0.15, -0.1) is 0 Å². The van der Waals surface area contributed by atoms with E-state index in [2.05, 4.69) is 9.73 Å². The largest absolute Gasteiger partial charge is 0.428 e. The maximum absolute atomic E-state index is 12.7. The fourth-order valence-corrected chi connectivity index (χ4v) is 1.96. The van der Waals surface area contributed by atoms with Crippen molar-refractivity contribution in [3.05, 3.63) is 71.8 Å². The molecule has 2 aromatic rings. The minimum Gasteiger partial charge on any atom is -0.428 e. The molecule has 0 heterocycles. The van der Waals surface area contributed by atoms with Gasteiger partial charge in [0, 0.05) is 0 Å². The zero-order valence-electron chi connectivity index (χ0n) is 12.6. The number of allylic oxidation sites excluding steroid dienone is 1. The van der Waals surface area contributed by atoms with E-state index >= 15 is 0 Å². The van der Waals surface area contributed by atoms with Crippen LogP contribution in [0.15, 0.2) is 65.6 Å². The second kappa shape index (κ2) is 7.94. The van der Waals surface area contributed by atoms with Gasteiger partial charge in [0.15, 0.2) is 0 Å². The summed E-state index contributed by atoms with van der Waals surface area (Å²) in [7, 11) is 0. The molecule has 0 amide bonds. The first-order valence-electron chi connectivity index (χ1n) is 6.85. The lowest BCUT2D eigenvalue weighted by molar-refractivity contribution is 0.241. The molecule has 0 aromatic heterocycles. The average molecular weight is 331 g/mol. The quantitative estimate of drug-likeness (QED) is 0.308. The number of ether oxygens (including phenoxy) is 1. The van der Waals surface area contributed by atoms with Crippen molar-refractivity contribution in [3.63, 3.8) is 0 Å². The monoisotopic (exact) mass is 331 g/mol. The highest BCUT2D eigenvalue weighted by Gasteiger charge is 2.07. The normalized spacial score (nSPS) is 10.8. The zero-order valence-corrected chi connectivity index (χ0v) is 12.6. The number of aliphatic imine (C=N–C) groups is 1. The maximum Gasteiger partial charge on any atom is 0.344 e. The van der Waals surface area contributed by atoms with Crippen LogP contribution in [0.3, 0.4) is 0 Å². The molecule has 0 bridgehead atoms. The summed E-state index contributed by atoms with van der Waals surface area (Å²) in [5.41, 5.74) is 3.13. The van der Waals surface area contributed by atoms with E-state index in [1.807, 2.05) is 13.0 Å². The van der Waals surface area contributed by atoms with Gasteiger partial charge in [0.05, 0.1) is 5.69 Å². The van der Waals surface area contributed by atoms with Gasteiger partial charge in [-0.25, -0.2) is 4.79 Å². The van der Waals surface area contributed by atoms with E-state index in [0.717, 1.165) is 16.7 Å². The Bertz CT molecular complexity index is 814. The van der Waals surface area contributed by atoms with Gasteiger partial charge in [-0.05, 0) is 47.9 Å². The van der Waals surface area contributed by atoms with Crippen LogP contribution in [0.4, 0.5) is 18.9 Å². The van der Waals surface area contributed by atoms with Crippen LogP contribution >= 0.6 is 0 Å². The number of halogens is 3. The second-order valence-corrected chi connectivity index (χ2v) is 4.78. The highest BCUT2D eigenvalue weighted by Crippen LogP contribution is 2.24. The van der Waals surface area contributed by atoms with Crippen LogP contribution in [0.5, 0.6) is 5.75 Å². The minimum absolute atomic E-state index is 0.0204. The lowest BCUT2D eigenvalue weighted by Crippen LogP contribution is -1.91. The van der Waals surface area contributed by atoms with Gasteiger partial charge < -0.3 is 4.74 Å². The van der Waals surface area contributed by atoms with E-state index in [1.165, 1.54) is 18.2 Å². The summed E-state index contributed by atoms with van der Waals surface area (Å²) < 4.78 is 41.0. The molecule has 0 N–H and O–H groups in total. The van der Waals surface area contributed by atoms with Crippen LogP contribution in [0.1, 0.15) is 18.1 Å². The Morgan fingerprint density at radius 2 is 1.67 bits per heavy atom. The highest BCUT2D eigenvalue weighted by molar-refractivity contribution is 5.80. The summed E-state index contributed by atoms with van der Waals surface area (Å²) in [6.45, 7) is 1.87. The lowest BCUT2D eigenvalue weighted by Gasteiger charge is -2.05. The molecule has 0 saturated heterocycles. The van der Waals surface area contributed by atoms with Crippen LogP contribution in [0.2, 0.25) is 0 Å². The molecule has 6 heteroatoms. The van der Waals surface area contributed by atoms with Crippen LogP contribution in [0, 0.1) is 0 Å². The van der Waals surface area contributed by atoms with E-state index in [9.17, 15) is 18.0 Å². The van der Waals surface area contributed by atoms with Crippen LogP contribution < -0.4 is 4.74 Å². The third-order valence-corrected chi connectivity index (χ3v) is 3.12. The van der Waals surface area contributed by atoms with Crippen molar-refractivity contribution in [1.82, 2.24) is 0 Å². The molecule has 24 heavy (non-hydrogen) atoms. The van der Waals surface area contributed by atoms with Gasteiger partial charge in [-0.2, -0.15) is 18.2 Å². The Morgan fingerprint density at radius 3 is 2.21 bits per heavy atom. The van der Waals surface area contributed by atoms with Crippen molar-refractivity contribution in [3.8, 4) is 5.75 Å². The standard InChI is InChI=1S/C18H12F3NO2/c1-12(10-13-2-6-15(7-3-13)22-11-23)14-4-8-16(9-5-14)24-18(21)17(19)20/h2-10H,1H3. The maximum atomic E-state index is 12.7. The first kappa shape index (κ1) is 17.2. The van der Waals surface area contributed by atoms with Gasteiger partial charge >= 0.3 is 12.1 Å². The molecule has 0 fully saturated rings. The summed E-state index contributed by atoms with van der Waals surface area (Å²) in [5.74, 6) is -0.0204. The topological polar surface area (TPSA) is 38.7 Å². The summed E-state index contributed by atoms with van der Waals surface area (Å²) in [6, 6.07) is 11.1. The molecule has 0 aliphatic heterocycles. The molecule has 0 saturated carbocycles. The first-order chi connectivity index (χ1) is 11.5. The predicted octanol–water partition coefficient (Wildman–Crippen LogP) is 5.63. The molecule has 0 atom stereocenters. The third-order valence-electron chi connectivity index (χ3n) is 3.12. The molecule has 0 radical (unpaired) electrons. The molecule has 0 unspecified atom stereocenters. The van der Waals surface area contributed by atoms with Crippen molar-refractivity contribution >= 4 is 23.4 Å². The highest BCUT2D eigenvalue weighted by atomic mass is 19.3. The van der Waals surface area contributed by atoms with Crippen molar-refractivity contribution < 1.29 is 22.7 Å². The van der Waals surface area contributed by atoms with Gasteiger partial charge in [-0.1, -0.05) is 30.3 Å². The molecular weight excluding hydrogens is 319 g/mol. The average Bonchev–Trinajstić information content (AvgIpc) is 2.57. The summed E-state index contributed by atoms with van der Waals surface area (Å²) in [5, 5.41) is 0. The summed E-state index contributed by atoms with van der Waals surface area (Å²) >= 11 is 0. The van der Waals surface area contributed by atoms with Crippen molar-refractivity contribution in [2.45, 2.75) is 6.92 Å². The number of rotatable bonds is 5. The van der Waals surface area contributed by atoms with Gasteiger partial charge in [0.25, 0.3) is 0 Å². The summed E-state index contributed by atoms with van der Waals surface area (Å²) in [6.07, 6.45) is 0.859. The predicted molar refractivity (Wildman–Crippen MR) is 85.2 cm³/mol. The fraction of sp³-hybridized carbons (Fsp3) is 0.0556. The summed E-state index contributed by atoms with van der Waals surface area (Å²) in [4.78, 5) is 13.7. The minimum atomic E-state index is -2.50. The Balaban J connectivity index is 2.15. The van der Waals surface area contributed by atoms with E-state index in [1.54, 1.807) is 36.4 Å². The molecule has 122 valence electrons. The number of benzene rings is 2. The van der Waals surface area contributed by atoms with E-state index < -0.39 is 12.1 Å². The molecule has 2 aromatic carbocycles. The molecule has 0 aliphatic rings. The van der Waals surface area contributed by atoms with E-state index in [0.29, 0.717) is 5.69 Å². The molecule has 2 rings (SSSR count). The third kappa shape index (κ3) is 4.69. The SMILES string of the molecule is CC(=Cc1ccc(N=C=O)cc1)c1ccc(OC(F)=C(F)F)cc1. The molecule has 0 aliphatic carbocycles. The molecule has 0 spiro atoms. The molecular formula is C18H12F3NO2.